The molecular formula is C15H23ClN2O. The minimum Gasteiger partial charge on any atom is -0.339 e. The zero-order valence-electron chi connectivity index (χ0n) is 11.6. The minimum atomic E-state index is 0. The summed E-state index contributed by atoms with van der Waals surface area (Å²) < 4.78 is 0. The van der Waals surface area contributed by atoms with Crippen LogP contribution in [0.25, 0.3) is 0 Å². The Morgan fingerprint density at radius 3 is 2.32 bits per heavy atom. The number of benzene rings is 1. The van der Waals surface area contributed by atoms with Crippen LogP contribution in [0.3, 0.4) is 0 Å². The van der Waals surface area contributed by atoms with Crippen LogP contribution >= 0.6 is 12.4 Å². The van der Waals surface area contributed by atoms with Gasteiger partial charge in [0.2, 0.25) is 0 Å². The molecule has 2 rings (SSSR count). The van der Waals surface area contributed by atoms with Crippen molar-refractivity contribution in [1.82, 2.24) is 10.2 Å². The van der Waals surface area contributed by atoms with E-state index < -0.39 is 0 Å². The van der Waals surface area contributed by atoms with E-state index in [1.54, 1.807) is 0 Å². The molecule has 1 amide bonds. The molecule has 106 valence electrons. The third-order valence-corrected chi connectivity index (χ3v) is 3.37. The van der Waals surface area contributed by atoms with Gasteiger partial charge in [0.05, 0.1) is 0 Å². The number of hydrogen-bond acceptors (Lipinski definition) is 2. The molecule has 1 aliphatic heterocycles. The van der Waals surface area contributed by atoms with Gasteiger partial charge in [-0.1, -0.05) is 32.0 Å². The summed E-state index contributed by atoms with van der Waals surface area (Å²) in [5.74, 6) is 0.165. The summed E-state index contributed by atoms with van der Waals surface area (Å²) in [4.78, 5) is 14.2. The van der Waals surface area contributed by atoms with Crippen LogP contribution in [0.15, 0.2) is 30.3 Å². The topological polar surface area (TPSA) is 32.3 Å². The number of carbonyl (C=O) groups is 1. The monoisotopic (exact) mass is 282 g/mol. The molecule has 0 radical (unpaired) electrons. The number of likely N-dealkylation sites (tertiary alicyclic amines) is 1. The summed E-state index contributed by atoms with van der Waals surface area (Å²) in [5, 5.41) is 3.54. The third kappa shape index (κ3) is 4.51. The number of piperidine rings is 1. The van der Waals surface area contributed by atoms with Crippen LogP contribution in [-0.2, 0) is 0 Å². The number of hydrogen-bond donors (Lipinski definition) is 1. The fourth-order valence-electron chi connectivity index (χ4n) is 2.48. The Morgan fingerprint density at radius 1 is 1.21 bits per heavy atom. The maximum atomic E-state index is 12.2. The Morgan fingerprint density at radius 2 is 1.79 bits per heavy atom. The summed E-state index contributed by atoms with van der Waals surface area (Å²) in [5.41, 5.74) is 0.799. The van der Waals surface area contributed by atoms with Crippen molar-refractivity contribution in [3.8, 4) is 0 Å². The average Bonchev–Trinajstić information content (AvgIpc) is 2.39. The Bertz CT molecular complexity index is 386. The highest BCUT2D eigenvalue weighted by Crippen LogP contribution is 2.14. The molecule has 1 N–H and O–H groups in total. The second kappa shape index (κ2) is 7.51. The first-order chi connectivity index (χ1) is 8.66. The van der Waals surface area contributed by atoms with Gasteiger partial charge in [-0.2, -0.15) is 0 Å². The molecule has 0 unspecified atom stereocenters. The zero-order valence-corrected chi connectivity index (χ0v) is 12.5. The summed E-state index contributed by atoms with van der Waals surface area (Å²) >= 11 is 0. The Labute approximate surface area is 121 Å². The second-order valence-electron chi connectivity index (χ2n) is 5.25. The van der Waals surface area contributed by atoms with E-state index in [9.17, 15) is 4.79 Å². The lowest BCUT2D eigenvalue weighted by atomic mass is 10.0. The van der Waals surface area contributed by atoms with Crippen molar-refractivity contribution < 1.29 is 4.79 Å². The molecule has 0 spiro atoms. The molecule has 0 bridgehead atoms. The summed E-state index contributed by atoms with van der Waals surface area (Å²) in [7, 11) is 0. The first-order valence-electron chi connectivity index (χ1n) is 6.77. The molecule has 1 aromatic rings. The molecule has 19 heavy (non-hydrogen) atoms. The van der Waals surface area contributed by atoms with Crippen molar-refractivity contribution >= 4 is 18.3 Å². The van der Waals surface area contributed by atoms with Gasteiger partial charge in [0.25, 0.3) is 5.91 Å². The lowest BCUT2D eigenvalue weighted by Crippen LogP contribution is -2.46. The Kier molecular flexibility index (Phi) is 6.32. The number of nitrogens with one attached hydrogen (secondary N) is 1. The van der Waals surface area contributed by atoms with Gasteiger partial charge < -0.3 is 10.2 Å². The van der Waals surface area contributed by atoms with E-state index in [1.165, 1.54) is 0 Å². The van der Waals surface area contributed by atoms with Gasteiger partial charge in [-0.05, 0) is 25.0 Å². The molecule has 1 fully saturated rings. The molecule has 4 heteroatoms. The third-order valence-electron chi connectivity index (χ3n) is 3.37. The van der Waals surface area contributed by atoms with Gasteiger partial charge in [0.15, 0.2) is 0 Å². The molecule has 1 saturated heterocycles. The fraction of sp³-hybridized carbons (Fsp3) is 0.533. The first-order valence-corrected chi connectivity index (χ1v) is 6.77. The first kappa shape index (κ1) is 16.0. The molecule has 0 atom stereocenters. The van der Waals surface area contributed by atoms with Crippen LogP contribution < -0.4 is 5.32 Å². The van der Waals surface area contributed by atoms with Crippen molar-refractivity contribution in [2.24, 2.45) is 0 Å². The largest absolute Gasteiger partial charge is 0.339 e. The van der Waals surface area contributed by atoms with E-state index in [0.29, 0.717) is 12.1 Å². The lowest BCUT2D eigenvalue weighted by Gasteiger charge is -2.33. The lowest BCUT2D eigenvalue weighted by molar-refractivity contribution is 0.0703. The van der Waals surface area contributed by atoms with Crippen LogP contribution in [-0.4, -0.2) is 36.0 Å². The average molecular weight is 283 g/mol. The molecule has 0 saturated carbocycles. The van der Waals surface area contributed by atoms with Crippen molar-refractivity contribution in [2.75, 3.05) is 13.1 Å². The van der Waals surface area contributed by atoms with Crippen molar-refractivity contribution in [1.29, 1.82) is 0 Å². The predicted molar refractivity (Wildman–Crippen MR) is 80.9 cm³/mol. The minimum absolute atomic E-state index is 0. The Hall–Kier alpha value is -1.06. The van der Waals surface area contributed by atoms with Crippen LogP contribution in [0.5, 0.6) is 0 Å². The highest BCUT2D eigenvalue weighted by molar-refractivity contribution is 5.94. The van der Waals surface area contributed by atoms with Gasteiger partial charge >= 0.3 is 0 Å². The van der Waals surface area contributed by atoms with Crippen molar-refractivity contribution in [3.63, 3.8) is 0 Å². The molecule has 1 heterocycles. The number of amides is 1. The van der Waals surface area contributed by atoms with Crippen LogP contribution in [0.1, 0.15) is 37.0 Å². The van der Waals surface area contributed by atoms with E-state index in [-0.39, 0.29) is 18.3 Å². The van der Waals surface area contributed by atoms with Crippen LogP contribution in [0, 0.1) is 0 Å². The quantitative estimate of drug-likeness (QED) is 0.924. The molecule has 3 nitrogen and oxygen atoms in total. The highest BCUT2D eigenvalue weighted by atomic mass is 35.5. The standard InChI is InChI=1S/C15H22N2O.ClH/c1-12(2)16-14-8-10-17(11-9-14)15(18)13-6-4-3-5-7-13;/h3-7,12,14,16H,8-11H2,1-2H3;1H. The summed E-state index contributed by atoms with van der Waals surface area (Å²) in [6.07, 6.45) is 2.10. The fourth-order valence-corrected chi connectivity index (χ4v) is 2.48. The SMILES string of the molecule is CC(C)NC1CCN(C(=O)c2ccccc2)CC1.Cl. The molecule has 1 aromatic carbocycles. The van der Waals surface area contributed by atoms with Crippen LogP contribution in [0.2, 0.25) is 0 Å². The summed E-state index contributed by atoms with van der Waals surface area (Å²) in [6.45, 7) is 6.05. The second-order valence-corrected chi connectivity index (χ2v) is 5.25. The van der Waals surface area contributed by atoms with E-state index in [4.69, 9.17) is 0 Å². The van der Waals surface area contributed by atoms with Gasteiger partial charge in [-0.25, -0.2) is 0 Å². The number of nitrogens with zero attached hydrogens (tertiary/aromatic N) is 1. The van der Waals surface area contributed by atoms with E-state index in [1.807, 2.05) is 35.2 Å². The number of halogens is 1. The molecular weight excluding hydrogens is 260 g/mol. The van der Waals surface area contributed by atoms with E-state index >= 15 is 0 Å². The highest BCUT2D eigenvalue weighted by Gasteiger charge is 2.23. The van der Waals surface area contributed by atoms with Crippen molar-refractivity contribution in [2.45, 2.75) is 38.8 Å². The van der Waals surface area contributed by atoms with Gasteiger partial charge in [-0.15, -0.1) is 12.4 Å². The smallest absolute Gasteiger partial charge is 0.253 e. The van der Waals surface area contributed by atoms with Gasteiger partial charge in [0, 0.05) is 30.7 Å². The maximum absolute atomic E-state index is 12.2. The Balaban J connectivity index is 0.00000180. The van der Waals surface area contributed by atoms with E-state index in [2.05, 4.69) is 19.2 Å². The van der Waals surface area contributed by atoms with Crippen LogP contribution in [0.4, 0.5) is 0 Å². The molecule has 0 aromatic heterocycles. The number of rotatable bonds is 3. The normalized spacial score (nSPS) is 16.3. The molecule has 0 aliphatic carbocycles. The van der Waals surface area contributed by atoms with Gasteiger partial charge in [0.1, 0.15) is 0 Å². The zero-order chi connectivity index (χ0) is 13.0. The van der Waals surface area contributed by atoms with E-state index in [0.717, 1.165) is 31.5 Å². The maximum Gasteiger partial charge on any atom is 0.253 e. The van der Waals surface area contributed by atoms with Gasteiger partial charge in [-0.3, -0.25) is 4.79 Å². The molecule has 1 aliphatic rings. The summed E-state index contributed by atoms with van der Waals surface area (Å²) in [6, 6.07) is 10.6. The number of carbonyl (C=O) groups excluding carboxylic acids is 1. The predicted octanol–water partition coefficient (Wildman–Crippen LogP) is 2.71. The van der Waals surface area contributed by atoms with Crippen molar-refractivity contribution in [3.05, 3.63) is 35.9 Å².